The fourth-order valence-electron chi connectivity index (χ4n) is 3.26. The van der Waals surface area contributed by atoms with Crippen LogP contribution >= 0.6 is 11.6 Å². The van der Waals surface area contributed by atoms with E-state index in [0.29, 0.717) is 22.8 Å². The van der Waals surface area contributed by atoms with Gasteiger partial charge in [0.1, 0.15) is 0 Å². The highest BCUT2D eigenvalue weighted by atomic mass is 35.5. The molecule has 3 aromatic rings. The summed E-state index contributed by atoms with van der Waals surface area (Å²) in [5, 5.41) is 10.3. The van der Waals surface area contributed by atoms with Crippen molar-refractivity contribution < 1.29 is 9.53 Å². The molecular weight excluding hydrogens is 384 g/mol. The first-order valence-corrected chi connectivity index (χ1v) is 9.66. The third-order valence-electron chi connectivity index (χ3n) is 4.68. The molecule has 4 nitrogen and oxygen atoms in total. The van der Waals surface area contributed by atoms with Gasteiger partial charge in [0.25, 0.3) is 0 Å². The Morgan fingerprint density at radius 2 is 1.72 bits per heavy atom. The molecule has 0 amide bonds. The van der Waals surface area contributed by atoms with Crippen molar-refractivity contribution in [3.8, 4) is 11.8 Å². The zero-order valence-corrected chi connectivity index (χ0v) is 17.3. The molecule has 5 heteroatoms. The highest BCUT2D eigenvalue weighted by Gasteiger charge is 2.12. The number of halogens is 1. The number of carbonyl (C=O) groups excluding carboxylic acids is 1. The molecule has 0 aliphatic rings. The van der Waals surface area contributed by atoms with Crippen LogP contribution < -0.4 is 0 Å². The van der Waals surface area contributed by atoms with E-state index in [-0.39, 0.29) is 5.97 Å². The number of aromatic nitrogens is 1. The number of allylic oxidation sites excluding steroid dienone is 1. The van der Waals surface area contributed by atoms with Crippen LogP contribution in [-0.4, -0.2) is 17.1 Å². The lowest BCUT2D eigenvalue weighted by Gasteiger charge is -2.10. The molecular formula is C24H21ClN2O2. The van der Waals surface area contributed by atoms with Gasteiger partial charge in [0.05, 0.1) is 23.8 Å². The van der Waals surface area contributed by atoms with Crippen LogP contribution in [0.15, 0.2) is 54.6 Å². The van der Waals surface area contributed by atoms with Crippen molar-refractivity contribution in [3.05, 3.63) is 87.7 Å². The van der Waals surface area contributed by atoms with Gasteiger partial charge in [0.2, 0.25) is 0 Å². The van der Waals surface area contributed by atoms with Crippen LogP contribution in [0.5, 0.6) is 0 Å². The van der Waals surface area contributed by atoms with Gasteiger partial charge in [-0.15, -0.1) is 0 Å². The van der Waals surface area contributed by atoms with Gasteiger partial charge >= 0.3 is 5.97 Å². The van der Waals surface area contributed by atoms with E-state index in [1.807, 2.05) is 50.3 Å². The summed E-state index contributed by atoms with van der Waals surface area (Å²) in [7, 11) is 0. The lowest BCUT2D eigenvalue weighted by Crippen LogP contribution is -2.05. The average Bonchev–Trinajstić information content (AvgIpc) is 3.00. The van der Waals surface area contributed by atoms with Crippen molar-refractivity contribution in [3.63, 3.8) is 0 Å². The van der Waals surface area contributed by atoms with E-state index in [4.69, 9.17) is 16.3 Å². The van der Waals surface area contributed by atoms with Crippen molar-refractivity contribution >= 4 is 29.2 Å². The molecule has 0 radical (unpaired) electrons. The van der Waals surface area contributed by atoms with Crippen LogP contribution in [0, 0.1) is 25.2 Å². The van der Waals surface area contributed by atoms with E-state index in [0.717, 1.165) is 28.2 Å². The summed E-state index contributed by atoms with van der Waals surface area (Å²) in [6, 6.07) is 18.8. The number of carbonyl (C=O) groups is 1. The third kappa shape index (κ3) is 4.42. The summed E-state index contributed by atoms with van der Waals surface area (Å²) in [6.45, 7) is 6.15. The Bertz CT molecular complexity index is 1100. The number of nitrogens with zero attached hydrogens (tertiary/aromatic N) is 2. The maximum atomic E-state index is 11.9. The van der Waals surface area contributed by atoms with Crippen LogP contribution in [0.25, 0.3) is 17.3 Å². The highest BCUT2D eigenvalue weighted by molar-refractivity contribution is 6.30. The molecule has 0 saturated carbocycles. The van der Waals surface area contributed by atoms with Gasteiger partial charge in [-0.3, -0.25) is 0 Å². The predicted octanol–water partition coefficient (Wildman–Crippen LogP) is 5.99. The van der Waals surface area contributed by atoms with E-state index in [1.54, 1.807) is 31.2 Å². The van der Waals surface area contributed by atoms with E-state index >= 15 is 0 Å². The van der Waals surface area contributed by atoms with Crippen molar-refractivity contribution in [2.75, 3.05) is 6.61 Å². The molecule has 0 aliphatic carbocycles. The van der Waals surface area contributed by atoms with Crippen molar-refractivity contribution in [2.24, 2.45) is 0 Å². The standard InChI is InChI=1S/C24H21ClN2O2/c1-4-29-24(28)19-7-11-23(12-8-19)27-16(2)13-20(17(27)3)14-21(15-26)18-5-9-22(25)10-6-18/h5-14H,4H2,1-3H3. The molecule has 0 saturated heterocycles. The Morgan fingerprint density at radius 3 is 2.31 bits per heavy atom. The number of rotatable bonds is 5. The lowest BCUT2D eigenvalue weighted by atomic mass is 10.0. The van der Waals surface area contributed by atoms with E-state index in [9.17, 15) is 10.1 Å². The lowest BCUT2D eigenvalue weighted by molar-refractivity contribution is 0.0526. The highest BCUT2D eigenvalue weighted by Crippen LogP contribution is 2.26. The van der Waals surface area contributed by atoms with Gasteiger partial charge in [-0.25, -0.2) is 4.79 Å². The molecule has 0 N–H and O–H groups in total. The maximum Gasteiger partial charge on any atom is 0.338 e. The first-order chi connectivity index (χ1) is 13.9. The van der Waals surface area contributed by atoms with Crippen LogP contribution in [0.1, 0.15) is 39.8 Å². The third-order valence-corrected chi connectivity index (χ3v) is 4.93. The number of hydrogen-bond donors (Lipinski definition) is 0. The van der Waals surface area contributed by atoms with Crippen molar-refractivity contribution in [1.82, 2.24) is 4.57 Å². The summed E-state index contributed by atoms with van der Waals surface area (Å²) in [5.41, 5.74) is 5.85. The summed E-state index contributed by atoms with van der Waals surface area (Å²) < 4.78 is 7.13. The van der Waals surface area contributed by atoms with Crippen molar-refractivity contribution in [2.45, 2.75) is 20.8 Å². The first-order valence-electron chi connectivity index (χ1n) is 9.28. The molecule has 2 aromatic carbocycles. The first kappa shape index (κ1) is 20.4. The van der Waals surface area contributed by atoms with Gasteiger partial charge in [0.15, 0.2) is 0 Å². The Labute approximate surface area is 175 Å². The van der Waals surface area contributed by atoms with Crippen LogP contribution in [-0.2, 0) is 4.74 Å². The van der Waals surface area contributed by atoms with Gasteiger partial charge < -0.3 is 9.30 Å². The minimum atomic E-state index is -0.328. The number of hydrogen-bond acceptors (Lipinski definition) is 3. The molecule has 0 unspecified atom stereocenters. The number of aryl methyl sites for hydroxylation is 1. The molecule has 29 heavy (non-hydrogen) atoms. The summed E-state index contributed by atoms with van der Waals surface area (Å²) >= 11 is 5.95. The van der Waals surface area contributed by atoms with Gasteiger partial charge in [-0.05, 0) is 80.4 Å². The Balaban J connectivity index is 1.97. The molecule has 0 atom stereocenters. The summed E-state index contributed by atoms with van der Waals surface area (Å²) in [5.74, 6) is -0.328. The molecule has 3 rings (SSSR count). The zero-order valence-electron chi connectivity index (χ0n) is 16.6. The van der Waals surface area contributed by atoms with Crippen LogP contribution in [0.4, 0.5) is 0 Å². The van der Waals surface area contributed by atoms with Gasteiger partial charge in [0, 0.05) is 22.1 Å². The van der Waals surface area contributed by atoms with Gasteiger partial charge in [-0.1, -0.05) is 23.7 Å². The molecule has 0 spiro atoms. The summed E-state index contributed by atoms with van der Waals surface area (Å²) in [6.07, 6.45) is 1.88. The Hall–Kier alpha value is -3.29. The number of ether oxygens (including phenoxy) is 1. The SMILES string of the molecule is CCOC(=O)c1ccc(-n2c(C)cc(C=C(C#N)c3ccc(Cl)cc3)c2C)cc1. The molecule has 1 aromatic heterocycles. The number of esters is 1. The molecule has 1 heterocycles. The number of benzene rings is 2. The fourth-order valence-corrected chi connectivity index (χ4v) is 3.38. The normalized spacial score (nSPS) is 11.2. The Kier molecular flexibility index (Phi) is 6.21. The van der Waals surface area contributed by atoms with Crippen molar-refractivity contribution in [1.29, 1.82) is 5.26 Å². The molecule has 0 aliphatic heterocycles. The molecule has 0 bridgehead atoms. The number of nitriles is 1. The maximum absolute atomic E-state index is 11.9. The van der Waals surface area contributed by atoms with E-state index in [1.165, 1.54) is 0 Å². The van der Waals surface area contributed by atoms with Gasteiger partial charge in [-0.2, -0.15) is 5.26 Å². The minimum absolute atomic E-state index is 0.328. The van der Waals surface area contributed by atoms with Crippen LogP contribution in [0.2, 0.25) is 5.02 Å². The second-order valence-electron chi connectivity index (χ2n) is 6.61. The van der Waals surface area contributed by atoms with Crippen LogP contribution in [0.3, 0.4) is 0 Å². The largest absolute Gasteiger partial charge is 0.462 e. The minimum Gasteiger partial charge on any atom is -0.462 e. The second-order valence-corrected chi connectivity index (χ2v) is 7.04. The second kappa shape index (κ2) is 8.81. The predicted molar refractivity (Wildman–Crippen MR) is 116 cm³/mol. The summed E-state index contributed by atoms with van der Waals surface area (Å²) in [4.78, 5) is 11.9. The van der Waals surface area contributed by atoms with E-state index in [2.05, 4.69) is 10.6 Å². The fraction of sp³-hybridized carbons (Fsp3) is 0.167. The smallest absolute Gasteiger partial charge is 0.338 e. The molecule has 146 valence electrons. The topological polar surface area (TPSA) is 55.0 Å². The average molecular weight is 405 g/mol. The molecule has 0 fully saturated rings. The zero-order chi connectivity index (χ0) is 21.0. The monoisotopic (exact) mass is 404 g/mol. The quantitative estimate of drug-likeness (QED) is 0.387. The Morgan fingerprint density at radius 1 is 1.10 bits per heavy atom. The van der Waals surface area contributed by atoms with E-state index < -0.39 is 0 Å².